The molecule has 214 valence electrons. The molecule has 0 aliphatic rings. The fourth-order valence-electron chi connectivity index (χ4n) is 4.57. The van der Waals surface area contributed by atoms with Gasteiger partial charge >= 0.3 is 6.09 Å². The monoisotopic (exact) mass is 537 g/mol. The van der Waals surface area contributed by atoms with Crippen LogP contribution >= 0.6 is 0 Å². The lowest BCUT2D eigenvalue weighted by Crippen LogP contribution is -2.59. The van der Waals surface area contributed by atoms with Crippen molar-refractivity contribution < 1.29 is 19.1 Å². The minimum Gasteiger partial charge on any atom is -0.444 e. The molecule has 3 amide bonds. The van der Waals surface area contributed by atoms with Crippen molar-refractivity contribution in [2.45, 2.75) is 105 Å². The molecule has 0 spiro atoms. The lowest BCUT2D eigenvalue weighted by molar-refractivity contribution is -0.148. The summed E-state index contributed by atoms with van der Waals surface area (Å²) in [6.45, 7) is 19.3. The standard InChI is InChI=1S/C32H47N3O4/c1-21(2)18-26(34-30(38)39-32(8,9)10)29(37)35(31(5,6)7)27(25-17-16-22(3)19-23(25)4)28(36)33-20-24-14-12-11-13-15-24/h11-17,19,21,26-27H,18,20H2,1-10H3,(H,33,36)(H,34,38). The molecule has 2 aromatic rings. The first kappa shape index (κ1) is 31.9. The van der Waals surface area contributed by atoms with Crippen LogP contribution in [0.2, 0.25) is 0 Å². The van der Waals surface area contributed by atoms with Crippen LogP contribution in [0.4, 0.5) is 4.79 Å². The van der Waals surface area contributed by atoms with Crippen molar-refractivity contribution in [1.82, 2.24) is 15.5 Å². The number of ether oxygens (including phenoxy) is 1. The molecule has 0 aliphatic heterocycles. The van der Waals surface area contributed by atoms with Crippen LogP contribution in [0.5, 0.6) is 0 Å². The maximum absolute atomic E-state index is 14.4. The largest absolute Gasteiger partial charge is 0.444 e. The van der Waals surface area contributed by atoms with Crippen molar-refractivity contribution in [3.8, 4) is 0 Å². The molecule has 2 rings (SSSR count). The highest BCUT2D eigenvalue weighted by molar-refractivity contribution is 5.93. The van der Waals surface area contributed by atoms with Crippen molar-refractivity contribution >= 4 is 17.9 Å². The number of nitrogens with one attached hydrogen (secondary N) is 2. The highest BCUT2D eigenvalue weighted by atomic mass is 16.6. The topological polar surface area (TPSA) is 87.7 Å². The van der Waals surface area contributed by atoms with Crippen LogP contribution in [0.15, 0.2) is 48.5 Å². The van der Waals surface area contributed by atoms with Gasteiger partial charge in [0.1, 0.15) is 17.7 Å². The minimum absolute atomic E-state index is 0.113. The fraction of sp³-hybridized carbons (Fsp3) is 0.531. The van der Waals surface area contributed by atoms with E-state index in [9.17, 15) is 14.4 Å². The molecular formula is C32H47N3O4. The Bertz CT molecular complexity index is 1130. The highest BCUT2D eigenvalue weighted by Crippen LogP contribution is 2.33. The molecule has 0 saturated carbocycles. The number of carbonyl (C=O) groups excluding carboxylic acids is 3. The summed E-state index contributed by atoms with van der Waals surface area (Å²) in [5.41, 5.74) is 2.24. The average molecular weight is 538 g/mol. The van der Waals surface area contributed by atoms with Gasteiger partial charge in [0, 0.05) is 12.1 Å². The van der Waals surface area contributed by atoms with Crippen molar-refractivity contribution in [3.63, 3.8) is 0 Å². The number of benzene rings is 2. The Hall–Kier alpha value is -3.35. The molecule has 0 radical (unpaired) electrons. The number of alkyl carbamates (subject to hydrolysis) is 1. The third-order valence-corrected chi connectivity index (χ3v) is 6.19. The zero-order chi connectivity index (χ0) is 29.5. The van der Waals surface area contributed by atoms with E-state index in [-0.39, 0.29) is 17.7 Å². The SMILES string of the molecule is Cc1ccc(C(C(=O)NCc2ccccc2)N(C(=O)C(CC(C)C)NC(=O)OC(C)(C)C)C(C)(C)C)c(C)c1. The summed E-state index contributed by atoms with van der Waals surface area (Å²) < 4.78 is 5.48. The number of amides is 3. The molecule has 2 unspecified atom stereocenters. The van der Waals surface area contributed by atoms with Crippen molar-refractivity contribution in [2.24, 2.45) is 5.92 Å². The van der Waals surface area contributed by atoms with Crippen molar-refractivity contribution in [2.75, 3.05) is 0 Å². The third kappa shape index (κ3) is 9.72. The van der Waals surface area contributed by atoms with E-state index in [2.05, 4.69) is 10.6 Å². The van der Waals surface area contributed by atoms with Gasteiger partial charge in [0.15, 0.2) is 0 Å². The summed E-state index contributed by atoms with van der Waals surface area (Å²) in [7, 11) is 0. The van der Waals surface area contributed by atoms with E-state index in [1.54, 1.807) is 25.7 Å². The number of carbonyl (C=O) groups is 3. The van der Waals surface area contributed by atoms with Gasteiger partial charge in [-0.05, 0) is 84.4 Å². The van der Waals surface area contributed by atoms with E-state index >= 15 is 0 Å². The van der Waals surface area contributed by atoms with E-state index in [4.69, 9.17) is 4.74 Å². The summed E-state index contributed by atoms with van der Waals surface area (Å²) >= 11 is 0. The molecule has 0 heterocycles. The molecule has 0 aliphatic carbocycles. The molecule has 0 aromatic heterocycles. The minimum atomic E-state index is -0.906. The first-order valence-electron chi connectivity index (χ1n) is 13.7. The Morgan fingerprint density at radius 1 is 0.923 bits per heavy atom. The van der Waals surface area contributed by atoms with Crippen LogP contribution in [-0.2, 0) is 20.9 Å². The van der Waals surface area contributed by atoms with Crippen LogP contribution in [0, 0.1) is 19.8 Å². The number of hydrogen-bond donors (Lipinski definition) is 2. The number of rotatable bonds is 9. The lowest BCUT2D eigenvalue weighted by atomic mass is 9.91. The molecule has 0 saturated heterocycles. The van der Waals surface area contributed by atoms with Gasteiger partial charge in [-0.2, -0.15) is 0 Å². The predicted molar refractivity (Wildman–Crippen MR) is 156 cm³/mol. The summed E-state index contributed by atoms with van der Waals surface area (Å²) in [4.78, 5) is 42.7. The molecule has 2 N–H and O–H groups in total. The molecule has 7 heteroatoms. The fourth-order valence-corrected chi connectivity index (χ4v) is 4.57. The van der Waals surface area contributed by atoms with Gasteiger partial charge in [-0.1, -0.05) is 67.9 Å². The number of hydrogen-bond acceptors (Lipinski definition) is 4. The number of nitrogens with zero attached hydrogens (tertiary/aromatic N) is 1. The second-order valence-corrected chi connectivity index (χ2v) is 12.7. The normalized spacial score (nSPS) is 13.4. The Kier molecular flexibility index (Phi) is 10.7. The van der Waals surface area contributed by atoms with E-state index < -0.39 is 29.3 Å². The van der Waals surface area contributed by atoms with Crippen molar-refractivity contribution in [3.05, 3.63) is 70.8 Å². The van der Waals surface area contributed by atoms with Crippen LogP contribution in [0.3, 0.4) is 0 Å². The van der Waals surface area contributed by atoms with E-state index in [1.807, 2.05) is 97.0 Å². The van der Waals surface area contributed by atoms with E-state index in [0.717, 1.165) is 22.3 Å². The molecule has 39 heavy (non-hydrogen) atoms. The van der Waals surface area contributed by atoms with Crippen LogP contribution in [-0.4, -0.2) is 40.0 Å². The van der Waals surface area contributed by atoms with Gasteiger partial charge < -0.3 is 20.3 Å². The smallest absolute Gasteiger partial charge is 0.408 e. The zero-order valence-corrected chi connectivity index (χ0v) is 25.3. The van der Waals surface area contributed by atoms with Gasteiger partial charge in [0.2, 0.25) is 11.8 Å². The second-order valence-electron chi connectivity index (χ2n) is 12.7. The van der Waals surface area contributed by atoms with Crippen LogP contribution in [0.1, 0.15) is 90.1 Å². The summed E-state index contributed by atoms with van der Waals surface area (Å²) in [5, 5.41) is 5.85. The number of aryl methyl sites for hydroxylation is 2. The first-order chi connectivity index (χ1) is 18.0. The maximum atomic E-state index is 14.4. The van der Waals surface area contributed by atoms with Crippen LogP contribution < -0.4 is 10.6 Å². The molecule has 7 nitrogen and oxygen atoms in total. The van der Waals surface area contributed by atoms with E-state index in [1.165, 1.54) is 0 Å². The predicted octanol–water partition coefficient (Wildman–Crippen LogP) is 6.23. The maximum Gasteiger partial charge on any atom is 0.408 e. The van der Waals surface area contributed by atoms with Crippen LogP contribution in [0.25, 0.3) is 0 Å². The Morgan fingerprint density at radius 2 is 1.54 bits per heavy atom. The summed E-state index contributed by atoms with van der Waals surface area (Å²) in [6.07, 6.45) is -0.262. The second kappa shape index (κ2) is 13.1. The quantitative estimate of drug-likeness (QED) is 0.397. The van der Waals surface area contributed by atoms with E-state index in [0.29, 0.717) is 13.0 Å². The Balaban J connectivity index is 2.56. The average Bonchev–Trinajstić information content (AvgIpc) is 2.79. The Morgan fingerprint density at radius 3 is 2.05 bits per heavy atom. The van der Waals surface area contributed by atoms with Gasteiger partial charge in [-0.15, -0.1) is 0 Å². The molecule has 0 fully saturated rings. The van der Waals surface area contributed by atoms with Crippen molar-refractivity contribution in [1.29, 1.82) is 0 Å². The highest BCUT2D eigenvalue weighted by Gasteiger charge is 2.42. The zero-order valence-electron chi connectivity index (χ0n) is 25.3. The lowest BCUT2D eigenvalue weighted by Gasteiger charge is -2.43. The first-order valence-corrected chi connectivity index (χ1v) is 13.7. The molecule has 2 aromatic carbocycles. The van der Waals surface area contributed by atoms with Gasteiger partial charge in [-0.25, -0.2) is 4.79 Å². The van der Waals surface area contributed by atoms with Gasteiger partial charge in [-0.3, -0.25) is 9.59 Å². The third-order valence-electron chi connectivity index (χ3n) is 6.19. The summed E-state index contributed by atoms with van der Waals surface area (Å²) in [5.74, 6) is -0.501. The van der Waals surface area contributed by atoms with Gasteiger partial charge in [0.05, 0.1) is 0 Å². The molecule has 0 bridgehead atoms. The molecule has 2 atom stereocenters. The summed E-state index contributed by atoms with van der Waals surface area (Å²) in [6, 6.07) is 13.8. The van der Waals surface area contributed by atoms with Gasteiger partial charge in [0.25, 0.3) is 0 Å². The Labute approximate surface area is 234 Å². The molecular weight excluding hydrogens is 490 g/mol.